The van der Waals surface area contributed by atoms with Crippen molar-refractivity contribution < 1.29 is 14.6 Å². The van der Waals surface area contributed by atoms with E-state index in [1.54, 1.807) is 6.20 Å². The molecule has 0 saturated carbocycles. The van der Waals surface area contributed by atoms with E-state index in [2.05, 4.69) is 22.0 Å². The van der Waals surface area contributed by atoms with E-state index in [9.17, 15) is 5.11 Å². The number of pyridine rings is 1. The molecular weight excluding hydrogens is 424 g/mol. The van der Waals surface area contributed by atoms with Gasteiger partial charge in [0, 0.05) is 36.4 Å². The number of nitrogens with zero attached hydrogens (tertiary/aromatic N) is 2. The Labute approximate surface area is 194 Å². The molecular formula is C26H29ClN2O3. The van der Waals surface area contributed by atoms with Crippen molar-refractivity contribution in [2.45, 2.75) is 45.1 Å². The number of rotatable bonds is 7. The summed E-state index contributed by atoms with van der Waals surface area (Å²) in [4.78, 5) is 6.60. The molecule has 32 heavy (non-hydrogen) atoms. The summed E-state index contributed by atoms with van der Waals surface area (Å²) >= 11 is 6.30. The third-order valence-corrected chi connectivity index (χ3v) is 6.03. The maximum absolute atomic E-state index is 10.7. The van der Waals surface area contributed by atoms with Crippen LogP contribution in [0, 0.1) is 6.92 Å². The molecule has 0 bridgehead atoms. The summed E-state index contributed by atoms with van der Waals surface area (Å²) in [6.45, 7) is 4.72. The Balaban J connectivity index is 1.40. The Morgan fingerprint density at radius 3 is 2.66 bits per heavy atom. The predicted molar refractivity (Wildman–Crippen MR) is 126 cm³/mol. The molecule has 0 amide bonds. The fraction of sp³-hybridized carbons (Fsp3) is 0.346. The van der Waals surface area contributed by atoms with Crippen LogP contribution in [-0.2, 0) is 13.2 Å². The summed E-state index contributed by atoms with van der Waals surface area (Å²) in [6.07, 6.45) is 2.35. The van der Waals surface area contributed by atoms with Crippen molar-refractivity contribution in [3.63, 3.8) is 0 Å². The van der Waals surface area contributed by atoms with Gasteiger partial charge in [-0.15, -0.1) is 0 Å². The van der Waals surface area contributed by atoms with Crippen molar-refractivity contribution in [3.8, 4) is 11.5 Å². The molecule has 168 valence electrons. The molecule has 2 heterocycles. The van der Waals surface area contributed by atoms with E-state index in [1.165, 1.54) is 0 Å². The zero-order valence-electron chi connectivity index (χ0n) is 18.3. The quantitative estimate of drug-likeness (QED) is 0.545. The fourth-order valence-corrected chi connectivity index (χ4v) is 4.15. The Bertz CT molecular complexity index is 1010. The smallest absolute Gasteiger partial charge is 0.141 e. The van der Waals surface area contributed by atoms with Crippen LogP contribution in [0.1, 0.15) is 29.7 Å². The molecule has 0 unspecified atom stereocenters. The van der Waals surface area contributed by atoms with Gasteiger partial charge in [0.1, 0.15) is 24.2 Å². The molecule has 1 N–H and O–H groups in total. The van der Waals surface area contributed by atoms with E-state index in [-0.39, 0.29) is 6.10 Å². The molecule has 1 aliphatic rings. The van der Waals surface area contributed by atoms with Gasteiger partial charge in [0.05, 0.1) is 11.8 Å². The third-order valence-electron chi connectivity index (χ3n) is 5.79. The van der Waals surface area contributed by atoms with Gasteiger partial charge in [0.2, 0.25) is 0 Å². The van der Waals surface area contributed by atoms with Crippen LogP contribution in [0.5, 0.6) is 11.5 Å². The van der Waals surface area contributed by atoms with Gasteiger partial charge in [0.25, 0.3) is 0 Å². The highest BCUT2D eigenvalue weighted by Gasteiger charge is 2.27. The Morgan fingerprint density at radius 2 is 1.84 bits per heavy atom. The standard InChI is InChI=1S/C26H29ClN2O3/c1-19-24(8-5-13-28-19)32-26-12-15-29(14-11-23(26)30)17-21-16-22(27)9-10-25(21)31-18-20-6-3-2-4-7-20/h2-10,13,16,23,26,30H,11-12,14-15,17-18H2,1H3/t23-,26-/m0/s1. The largest absolute Gasteiger partial charge is 0.489 e. The number of hydrogen-bond donors (Lipinski definition) is 1. The first-order valence-electron chi connectivity index (χ1n) is 11.0. The van der Waals surface area contributed by atoms with Crippen molar-refractivity contribution >= 4 is 11.6 Å². The summed E-state index contributed by atoms with van der Waals surface area (Å²) in [5.41, 5.74) is 3.00. The van der Waals surface area contributed by atoms with Crippen molar-refractivity contribution in [2.24, 2.45) is 0 Å². The van der Waals surface area contributed by atoms with Gasteiger partial charge >= 0.3 is 0 Å². The highest BCUT2D eigenvalue weighted by molar-refractivity contribution is 6.30. The lowest BCUT2D eigenvalue weighted by atomic mass is 10.1. The third kappa shape index (κ3) is 6.00. The number of benzene rings is 2. The summed E-state index contributed by atoms with van der Waals surface area (Å²) in [5, 5.41) is 11.4. The Kier molecular flexibility index (Phi) is 7.63. The highest BCUT2D eigenvalue weighted by atomic mass is 35.5. The summed E-state index contributed by atoms with van der Waals surface area (Å²) < 4.78 is 12.2. The van der Waals surface area contributed by atoms with Crippen LogP contribution in [0.15, 0.2) is 66.9 Å². The van der Waals surface area contributed by atoms with Gasteiger partial charge < -0.3 is 14.6 Å². The van der Waals surface area contributed by atoms with Crippen LogP contribution in [0.25, 0.3) is 0 Å². The van der Waals surface area contributed by atoms with Crippen LogP contribution < -0.4 is 9.47 Å². The van der Waals surface area contributed by atoms with Crippen molar-refractivity contribution in [1.82, 2.24) is 9.88 Å². The molecule has 0 aliphatic carbocycles. The summed E-state index contributed by atoms with van der Waals surface area (Å²) in [6, 6.07) is 19.6. The molecule has 1 aromatic heterocycles. The minimum Gasteiger partial charge on any atom is -0.489 e. The van der Waals surface area contributed by atoms with E-state index in [0.29, 0.717) is 24.6 Å². The lowest BCUT2D eigenvalue weighted by molar-refractivity contribution is 0.0343. The first-order valence-corrected chi connectivity index (χ1v) is 11.4. The zero-order valence-corrected chi connectivity index (χ0v) is 19.0. The molecule has 4 rings (SSSR count). The average molecular weight is 453 g/mol. The summed E-state index contributed by atoms with van der Waals surface area (Å²) in [5.74, 6) is 1.57. The lowest BCUT2D eigenvalue weighted by Crippen LogP contribution is -2.31. The molecule has 0 radical (unpaired) electrons. The maximum atomic E-state index is 10.7. The Morgan fingerprint density at radius 1 is 1.03 bits per heavy atom. The van der Waals surface area contributed by atoms with Gasteiger partial charge in [-0.2, -0.15) is 0 Å². The van der Waals surface area contributed by atoms with Crippen molar-refractivity contribution in [2.75, 3.05) is 13.1 Å². The number of aryl methyl sites for hydroxylation is 1. The zero-order chi connectivity index (χ0) is 22.3. The van der Waals surface area contributed by atoms with Crippen LogP contribution in [0.4, 0.5) is 0 Å². The number of aromatic nitrogens is 1. The second-order valence-electron chi connectivity index (χ2n) is 8.19. The molecule has 6 heteroatoms. The minimum atomic E-state index is -0.521. The number of halogens is 1. The molecule has 2 atom stereocenters. The number of ether oxygens (including phenoxy) is 2. The van der Waals surface area contributed by atoms with Gasteiger partial charge in [-0.1, -0.05) is 41.9 Å². The van der Waals surface area contributed by atoms with E-state index in [0.717, 1.165) is 47.8 Å². The summed E-state index contributed by atoms with van der Waals surface area (Å²) in [7, 11) is 0. The second-order valence-corrected chi connectivity index (χ2v) is 8.63. The molecule has 1 fully saturated rings. The van der Waals surface area contributed by atoms with E-state index in [1.807, 2.05) is 55.5 Å². The first kappa shape index (κ1) is 22.6. The van der Waals surface area contributed by atoms with Crippen LogP contribution in [0.3, 0.4) is 0 Å². The Hall–Kier alpha value is -2.60. The molecule has 2 aromatic carbocycles. The van der Waals surface area contributed by atoms with E-state index >= 15 is 0 Å². The first-order chi connectivity index (χ1) is 15.6. The monoisotopic (exact) mass is 452 g/mol. The normalized spacial score (nSPS) is 19.3. The fourth-order valence-electron chi connectivity index (χ4n) is 3.96. The SMILES string of the molecule is Cc1ncccc1O[C@H]1CCN(Cc2cc(Cl)ccc2OCc2ccccc2)CC[C@@H]1O. The topological polar surface area (TPSA) is 54.8 Å². The number of likely N-dealkylation sites (tertiary alicyclic amines) is 1. The van der Waals surface area contributed by atoms with Gasteiger partial charge in [0.15, 0.2) is 0 Å². The molecule has 1 saturated heterocycles. The average Bonchev–Trinajstić information content (AvgIpc) is 2.97. The van der Waals surface area contributed by atoms with Gasteiger partial charge in [-0.05, 0) is 55.7 Å². The number of aliphatic hydroxyl groups is 1. The minimum absolute atomic E-state index is 0.254. The maximum Gasteiger partial charge on any atom is 0.141 e. The van der Waals surface area contributed by atoms with Crippen LogP contribution in [-0.4, -0.2) is 40.3 Å². The molecule has 1 aliphatic heterocycles. The highest BCUT2D eigenvalue weighted by Crippen LogP contribution is 2.27. The van der Waals surface area contributed by atoms with E-state index < -0.39 is 6.10 Å². The van der Waals surface area contributed by atoms with Crippen molar-refractivity contribution in [1.29, 1.82) is 0 Å². The van der Waals surface area contributed by atoms with Crippen LogP contribution in [0.2, 0.25) is 5.02 Å². The molecule has 5 nitrogen and oxygen atoms in total. The molecule has 0 spiro atoms. The van der Waals surface area contributed by atoms with Gasteiger partial charge in [-0.3, -0.25) is 9.88 Å². The number of hydrogen-bond acceptors (Lipinski definition) is 5. The second kappa shape index (κ2) is 10.8. The predicted octanol–water partition coefficient (Wildman–Crippen LogP) is 5.03. The van der Waals surface area contributed by atoms with E-state index in [4.69, 9.17) is 21.1 Å². The molecule has 3 aromatic rings. The number of aliphatic hydroxyl groups excluding tert-OH is 1. The van der Waals surface area contributed by atoms with Gasteiger partial charge in [-0.25, -0.2) is 0 Å². The lowest BCUT2D eigenvalue weighted by Gasteiger charge is -2.23. The van der Waals surface area contributed by atoms with Crippen LogP contribution >= 0.6 is 11.6 Å². The van der Waals surface area contributed by atoms with Crippen molar-refractivity contribution in [3.05, 3.63) is 88.7 Å².